The SMILES string of the molecule is CCOCCNS(=O)(=O)c1cnn(CCCNC2CC2)c1. The minimum Gasteiger partial charge on any atom is -0.380 e. The first-order valence-corrected chi connectivity index (χ1v) is 8.93. The number of ether oxygens (including phenoxy) is 1. The third kappa shape index (κ3) is 5.74. The fraction of sp³-hybridized carbons (Fsp3) is 0.769. The second kappa shape index (κ2) is 7.88. The van der Waals surface area contributed by atoms with Gasteiger partial charge in [0, 0.05) is 31.9 Å². The molecule has 0 atom stereocenters. The van der Waals surface area contributed by atoms with Gasteiger partial charge in [0.2, 0.25) is 10.0 Å². The molecule has 7 nitrogen and oxygen atoms in total. The summed E-state index contributed by atoms with van der Waals surface area (Å²) in [5.41, 5.74) is 0. The zero-order valence-corrected chi connectivity index (χ0v) is 13.2. The quantitative estimate of drug-likeness (QED) is 0.575. The van der Waals surface area contributed by atoms with E-state index in [2.05, 4.69) is 15.1 Å². The predicted octanol–water partition coefficient (Wildman–Crippen LogP) is 0.340. The third-order valence-electron chi connectivity index (χ3n) is 3.24. The Balaban J connectivity index is 1.74. The maximum Gasteiger partial charge on any atom is 0.243 e. The van der Waals surface area contributed by atoms with Gasteiger partial charge < -0.3 is 10.1 Å². The van der Waals surface area contributed by atoms with E-state index in [-0.39, 0.29) is 11.4 Å². The third-order valence-corrected chi connectivity index (χ3v) is 4.65. The first-order valence-electron chi connectivity index (χ1n) is 7.45. The summed E-state index contributed by atoms with van der Waals surface area (Å²) >= 11 is 0. The standard InChI is InChI=1S/C13H24N4O3S/c1-2-20-9-7-16-21(18,19)13-10-15-17(11-13)8-3-6-14-12-4-5-12/h10-12,14,16H,2-9H2,1H3. The number of nitrogens with zero attached hydrogens (tertiary/aromatic N) is 2. The van der Waals surface area contributed by atoms with Crippen LogP contribution in [0.4, 0.5) is 0 Å². The summed E-state index contributed by atoms with van der Waals surface area (Å²) in [7, 11) is -3.48. The highest BCUT2D eigenvalue weighted by Crippen LogP contribution is 2.18. The highest BCUT2D eigenvalue weighted by Gasteiger charge is 2.19. The van der Waals surface area contributed by atoms with E-state index in [0.29, 0.717) is 25.8 Å². The first-order chi connectivity index (χ1) is 10.1. The van der Waals surface area contributed by atoms with E-state index < -0.39 is 10.0 Å². The van der Waals surface area contributed by atoms with Crippen LogP contribution in [-0.4, -0.2) is 50.5 Å². The molecule has 21 heavy (non-hydrogen) atoms. The van der Waals surface area contributed by atoms with Crippen LogP contribution in [0.3, 0.4) is 0 Å². The van der Waals surface area contributed by atoms with Crippen molar-refractivity contribution < 1.29 is 13.2 Å². The Labute approximate surface area is 126 Å². The van der Waals surface area contributed by atoms with Gasteiger partial charge in [-0.05, 0) is 32.7 Å². The van der Waals surface area contributed by atoms with Crippen molar-refractivity contribution in [2.45, 2.75) is 43.7 Å². The molecule has 0 bridgehead atoms. The summed E-state index contributed by atoms with van der Waals surface area (Å²) in [4.78, 5) is 0.203. The van der Waals surface area contributed by atoms with Gasteiger partial charge in [-0.1, -0.05) is 0 Å². The highest BCUT2D eigenvalue weighted by atomic mass is 32.2. The molecule has 8 heteroatoms. The van der Waals surface area contributed by atoms with Gasteiger partial charge in [-0.25, -0.2) is 13.1 Å². The van der Waals surface area contributed by atoms with Gasteiger partial charge in [-0.3, -0.25) is 4.68 Å². The Morgan fingerprint density at radius 1 is 1.43 bits per heavy atom. The maximum atomic E-state index is 12.0. The number of nitrogens with one attached hydrogen (secondary N) is 2. The second-order valence-corrected chi connectivity index (χ2v) is 6.88. The number of sulfonamides is 1. The molecule has 1 fully saturated rings. The average Bonchev–Trinajstić information content (AvgIpc) is 3.15. The van der Waals surface area contributed by atoms with E-state index in [1.807, 2.05) is 6.92 Å². The molecule has 0 saturated heterocycles. The summed E-state index contributed by atoms with van der Waals surface area (Å²) in [6, 6.07) is 0.702. The lowest BCUT2D eigenvalue weighted by Gasteiger charge is -2.05. The summed E-state index contributed by atoms with van der Waals surface area (Å²) in [5.74, 6) is 0. The smallest absolute Gasteiger partial charge is 0.243 e. The summed E-state index contributed by atoms with van der Waals surface area (Å²) in [6.07, 6.45) is 6.45. The van der Waals surface area contributed by atoms with Crippen molar-refractivity contribution in [2.24, 2.45) is 0 Å². The predicted molar refractivity (Wildman–Crippen MR) is 79.6 cm³/mol. The average molecular weight is 316 g/mol. The number of hydrogen-bond acceptors (Lipinski definition) is 5. The topological polar surface area (TPSA) is 85.2 Å². The molecule has 0 amide bonds. The number of hydrogen-bond donors (Lipinski definition) is 2. The molecular weight excluding hydrogens is 292 g/mol. The zero-order valence-electron chi connectivity index (χ0n) is 12.4. The molecule has 1 heterocycles. The molecule has 0 radical (unpaired) electrons. The Morgan fingerprint density at radius 3 is 2.95 bits per heavy atom. The summed E-state index contributed by atoms with van der Waals surface area (Å²) in [5, 5.41) is 7.52. The van der Waals surface area contributed by atoms with Crippen LogP contribution in [0.5, 0.6) is 0 Å². The largest absolute Gasteiger partial charge is 0.380 e. The molecule has 0 unspecified atom stereocenters. The molecule has 1 aromatic heterocycles. The Kier molecular flexibility index (Phi) is 6.16. The van der Waals surface area contributed by atoms with Gasteiger partial charge in [-0.2, -0.15) is 5.10 Å². The van der Waals surface area contributed by atoms with Gasteiger partial charge in [0.1, 0.15) is 4.90 Å². The van der Waals surface area contributed by atoms with Gasteiger partial charge in [0.15, 0.2) is 0 Å². The summed E-state index contributed by atoms with van der Waals surface area (Å²) < 4.78 is 33.3. The molecule has 1 aromatic rings. The van der Waals surface area contributed by atoms with Gasteiger partial charge in [0.25, 0.3) is 0 Å². The number of aromatic nitrogens is 2. The Hall–Kier alpha value is -0.960. The lowest BCUT2D eigenvalue weighted by atomic mass is 10.4. The number of rotatable bonds is 11. The Morgan fingerprint density at radius 2 is 2.24 bits per heavy atom. The van der Waals surface area contributed by atoms with Crippen LogP contribution in [0.15, 0.2) is 17.3 Å². The zero-order chi connectivity index (χ0) is 15.1. The van der Waals surface area contributed by atoms with Crippen molar-refractivity contribution in [1.82, 2.24) is 19.8 Å². The van der Waals surface area contributed by atoms with Crippen LogP contribution in [0.25, 0.3) is 0 Å². The van der Waals surface area contributed by atoms with Crippen LogP contribution in [0.2, 0.25) is 0 Å². The second-order valence-electron chi connectivity index (χ2n) is 5.12. The summed E-state index contributed by atoms with van der Waals surface area (Å²) in [6.45, 7) is 4.75. The first kappa shape index (κ1) is 16.4. The molecular formula is C13H24N4O3S. The van der Waals surface area contributed by atoms with Gasteiger partial charge in [-0.15, -0.1) is 0 Å². The van der Waals surface area contributed by atoms with E-state index in [4.69, 9.17) is 4.74 Å². The van der Waals surface area contributed by atoms with Crippen molar-refractivity contribution >= 4 is 10.0 Å². The lowest BCUT2D eigenvalue weighted by Crippen LogP contribution is -2.27. The fourth-order valence-corrected chi connectivity index (χ4v) is 2.88. The van der Waals surface area contributed by atoms with Crippen molar-refractivity contribution in [3.8, 4) is 0 Å². The monoisotopic (exact) mass is 316 g/mol. The van der Waals surface area contributed by atoms with Gasteiger partial charge >= 0.3 is 0 Å². The van der Waals surface area contributed by atoms with E-state index in [1.165, 1.54) is 19.0 Å². The van der Waals surface area contributed by atoms with Crippen molar-refractivity contribution in [1.29, 1.82) is 0 Å². The van der Waals surface area contributed by atoms with Gasteiger partial charge in [0.05, 0.1) is 12.8 Å². The van der Waals surface area contributed by atoms with Crippen LogP contribution in [0, 0.1) is 0 Å². The molecule has 2 rings (SSSR count). The van der Waals surface area contributed by atoms with E-state index in [0.717, 1.165) is 13.0 Å². The van der Waals surface area contributed by atoms with Crippen molar-refractivity contribution in [2.75, 3.05) is 26.3 Å². The molecule has 0 aliphatic heterocycles. The van der Waals surface area contributed by atoms with Crippen molar-refractivity contribution in [3.05, 3.63) is 12.4 Å². The normalized spacial score (nSPS) is 15.5. The minimum atomic E-state index is -3.48. The maximum absolute atomic E-state index is 12.0. The van der Waals surface area contributed by atoms with Crippen LogP contribution in [0.1, 0.15) is 26.2 Å². The van der Waals surface area contributed by atoms with E-state index >= 15 is 0 Å². The highest BCUT2D eigenvalue weighted by molar-refractivity contribution is 7.89. The lowest BCUT2D eigenvalue weighted by molar-refractivity contribution is 0.153. The van der Waals surface area contributed by atoms with Crippen molar-refractivity contribution in [3.63, 3.8) is 0 Å². The van der Waals surface area contributed by atoms with E-state index in [1.54, 1.807) is 10.9 Å². The minimum absolute atomic E-state index is 0.203. The molecule has 1 aliphatic rings. The van der Waals surface area contributed by atoms with Crippen LogP contribution < -0.4 is 10.0 Å². The molecule has 120 valence electrons. The Bertz CT molecular complexity index is 525. The van der Waals surface area contributed by atoms with Crippen LogP contribution in [-0.2, 0) is 21.3 Å². The van der Waals surface area contributed by atoms with Crippen LogP contribution >= 0.6 is 0 Å². The number of aryl methyl sites for hydroxylation is 1. The molecule has 1 aliphatic carbocycles. The molecule has 0 spiro atoms. The molecule has 1 saturated carbocycles. The fourth-order valence-electron chi connectivity index (χ4n) is 1.92. The molecule has 0 aromatic carbocycles. The van der Waals surface area contributed by atoms with E-state index in [9.17, 15) is 8.42 Å². The molecule has 2 N–H and O–H groups in total.